The molecule has 0 aromatic carbocycles. The molecule has 2 fully saturated rings. The number of nitrogens with zero attached hydrogens (tertiary/aromatic N) is 2. The van der Waals surface area contributed by atoms with Crippen molar-refractivity contribution in [2.24, 2.45) is 0 Å². The van der Waals surface area contributed by atoms with Crippen LogP contribution in [-0.2, 0) is 0 Å². The van der Waals surface area contributed by atoms with Crippen molar-refractivity contribution in [1.82, 2.24) is 14.9 Å². The SMILES string of the molecule is Cc1nc(C2CC2)[nH]c(=O)c1C(=O)N1CCCCC1. The van der Waals surface area contributed by atoms with E-state index in [1.165, 1.54) is 0 Å². The number of hydrogen-bond donors (Lipinski definition) is 1. The van der Waals surface area contributed by atoms with Crippen LogP contribution in [0.3, 0.4) is 0 Å². The molecule has 5 heteroatoms. The highest BCUT2D eigenvalue weighted by molar-refractivity contribution is 5.94. The van der Waals surface area contributed by atoms with Crippen LogP contribution in [0, 0.1) is 6.92 Å². The number of aryl methyl sites for hydroxylation is 1. The summed E-state index contributed by atoms with van der Waals surface area (Å²) >= 11 is 0. The zero-order valence-electron chi connectivity index (χ0n) is 11.2. The number of nitrogens with one attached hydrogen (secondary N) is 1. The molecule has 2 aliphatic rings. The maximum Gasteiger partial charge on any atom is 0.264 e. The Morgan fingerprint density at radius 3 is 2.53 bits per heavy atom. The van der Waals surface area contributed by atoms with Gasteiger partial charge in [-0.1, -0.05) is 0 Å². The topological polar surface area (TPSA) is 66.1 Å². The largest absolute Gasteiger partial charge is 0.338 e. The molecule has 0 atom stereocenters. The van der Waals surface area contributed by atoms with Crippen LogP contribution in [0.2, 0.25) is 0 Å². The van der Waals surface area contributed by atoms with E-state index < -0.39 is 0 Å². The van der Waals surface area contributed by atoms with Gasteiger partial charge in [0.05, 0.1) is 5.69 Å². The Bertz CT molecular complexity index is 554. The van der Waals surface area contributed by atoms with Crippen LogP contribution in [0.1, 0.15) is 59.9 Å². The Balaban J connectivity index is 1.91. The molecule has 2 heterocycles. The van der Waals surface area contributed by atoms with Gasteiger partial charge in [-0.25, -0.2) is 4.98 Å². The van der Waals surface area contributed by atoms with Crippen LogP contribution in [0.25, 0.3) is 0 Å². The standard InChI is InChI=1S/C14H19N3O2/c1-9-11(14(19)17-7-3-2-4-8-17)13(18)16-12(15-9)10-5-6-10/h10H,2-8H2,1H3,(H,15,16,18). The van der Waals surface area contributed by atoms with Gasteiger partial charge < -0.3 is 9.88 Å². The molecule has 1 N–H and O–H groups in total. The summed E-state index contributed by atoms with van der Waals surface area (Å²) in [6, 6.07) is 0. The third-order valence-corrected chi connectivity index (χ3v) is 3.94. The van der Waals surface area contributed by atoms with E-state index in [1.807, 2.05) is 0 Å². The highest BCUT2D eigenvalue weighted by Crippen LogP contribution is 2.37. The lowest BCUT2D eigenvalue weighted by Crippen LogP contribution is -2.39. The Morgan fingerprint density at radius 1 is 1.26 bits per heavy atom. The van der Waals surface area contributed by atoms with E-state index in [9.17, 15) is 9.59 Å². The number of piperidine rings is 1. The van der Waals surface area contributed by atoms with Gasteiger partial charge in [0.2, 0.25) is 0 Å². The van der Waals surface area contributed by atoms with Crippen LogP contribution in [0.15, 0.2) is 4.79 Å². The van der Waals surface area contributed by atoms with E-state index in [2.05, 4.69) is 9.97 Å². The molecule has 1 amide bonds. The molecule has 0 unspecified atom stereocenters. The molecule has 5 nitrogen and oxygen atoms in total. The fourth-order valence-corrected chi connectivity index (χ4v) is 2.66. The van der Waals surface area contributed by atoms with Gasteiger partial charge in [-0.05, 0) is 39.0 Å². The fraction of sp³-hybridized carbons (Fsp3) is 0.643. The Labute approximate surface area is 112 Å². The number of rotatable bonds is 2. The number of amides is 1. The molecule has 1 aliphatic carbocycles. The number of carbonyl (C=O) groups is 1. The molecule has 1 saturated heterocycles. The third-order valence-electron chi connectivity index (χ3n) is 3.94. The lowest BCUT2D eigenvalue weighted by atomic mass is 10.1. The normalized spacial score (nSPS) is 19.5. The second-order valence-corrected chi connectivity index (χ2v) is 5.54. The Hall–Kier alpha value is -1.65. The van der Waals surface area contributed by atoms with Gasteiger partial charge >= 0.3 is 0 Å². The van der Waals surface area contributed by atoms with Gasteiger partial charge in [0.1, 0.15) is 11.4 Å². The first-order valence-corrected chi connectivity index (χ1v) is 7.07. The predicted molar refractivity (Wildman–Crippen MR) is 71.3 cm³/mol. The van der Waals surface area contributed by atoms with Crippen molar-refractivity contribution in [1.29, 1.82) is 0 Å². The van der Waals surface area contributed by atoms with Crippen molar-refractivity contribution >= 4 is 5.91 Å². The van der Waals surface area contributed by atoms with Gasteiger partial charge in [0.25, 0.3) is 11.5 Å². The van der Waals surface area contributed by atoms with Crippen LogP contribution in [0.5, 0.6) is 0 Å². The van der Waals surface area contributed by atoms with Gasteiger partial charge in [-0.2, -0.15) is 0 Å². The Kier molecular flexibility index (Phi) is 3.12. The molecule has 0 bridgehead atoms. The number of hydrogen-bond acceptors (Lipinski definition) is 3. The summed E-state index contributed by atoms with van der Waals surface area (Å²) in [4.78, 5) is 33.5. The van der Waals surface area contributed by atoms with Crippen molar-refractivity contribution in [2.75, 3.05) is 13.1 Å². The lowest BCUT2D eigenvalue weighted by molar-refractivity contribution is 0.0721. The van der Waals surface area contributed by atoms with E-state index in [4.69, 9.17) is 0 Å². The average Bonchev–Trinajstić information content (AvgIpc) is 3.23. The molecule has 1 aromatic rings. The second kappa shape index (κ2) is 4.79. The molecule has 1 aliphatic heterocycles. The van der Waals surface area contributed by atoms with E-state index >= 15 is 0 Å². The molecular formula is C14H19N3O2. The van der Waals surface area contributed by atoms with Crippen molar-refractivity contribution in [2.45, 2.75) is 44.9 Å². The summed E-state index contributed by atoms with van der Waals surface area (Å²) in [5.74, 6) is 0.983. The zero-order chi connectivity index (χ0) is 13.4. The minimum Gasteiger partial charge on any atom is -0.338 e. The van der Waals surface area contributed by atoms with Crippen molar-refractivity contribution in [3.05, 3.63) is 27.4 Å². The third kappa shape index (κ3) is 2.41. The van der Waals surface area contributed by atoms with Crippen LogP contribution < -0.4 is 5.56 Å². The molecule has 0 spiro atoms. The number of aromatic amines is 1. The average molecular weight is 261 g/mol. The molecule has 3 rings (SSSR count). The van der Waals surface area contributed by atoms with Crippen LogP contribution in [-0.4, -0.2) is 33.9 Å². The molecule has 102 valence electrons. The number of likely N-dealkylation sites (tertiary alicyclic amines) is 1. The highest BCUT2D eigenvalue weighted by Gasteiger charge is 2.29. The quantitative estimate of drug-likeness (QED) is 0.879. The highest BCUT2D eigenvalue weighted by atomic mass is 16.2. The molecule has 1 aromatic heterocycles. The first-order chi connectivity index (χ1) is 9.16. The number of aromatic nitrogens is 2. The number of carbonyl (C=O) groups excluding carboxylic acids is 1. The minimum absolute atomic E-state index is 0.159. The van der Waals surface area contributed by atoms with Crippen molar-refractivity contribution < 1.29 is 4.79 Å². The Morgan fingerprint density at radius 2 is 1.95 bits per heavy atom. The zero-order valence-corrected chi connectivity index (χ0v) is 11.2. The first kappa shape index (κ1) is 12.4. The molecule has 0 radical (unpaired) electrons. The molecule has 1 saturated carbocycles. The minimum atomic E-state index is -0.273. The predicted octanol–water partition coefficient (Wildman–Crippen LogP) is 1.58. The summed E-state index contributed by atoms with van der Waals surface area (Å²) in [5.41, 5.74) is 0.525. The van der Waals surface area contributed by atoms with E-state index in [0.717, 1.165) is 51.0 Å². The van der Waals surface area contributed by atoms with Crippen LogP contribution >= 0.6 is 0 Å². The van der Waals surface area contributed by atoms with E-state index in [-0.39, 0.29) is 17.0 Å². The van der Waals surface area contributed by atoms with Gasteiger partial charge in [-0.3, -0.25) is 9.59 Å². The summed E-state index contributed by atoms with van der Waals surface area (Å²) in [7, 11) is 0. The van der Waals surface area contributed by atoms with E-state index in [0.29, 0.717) is 11.6 Å². The second-order valence-electron chi connectivity index (χ2n) is 5.54. The number of H-pyrrole nitrogens is 1. The summed E-state index contributed by atoms with van der Waals surface area (Å²) in [6.45, 7) is 3.27. The van der Waals surface area contributed by atoms with E-state index in [1.54, 1.807) is 11.8 Å². The van der Waals surface area contributed by atoms with Crippen LogP contribution in [0.4, 0.5) is 0 Å². The smallest absolute Gasteiger partial charge is 0.264 e. The summed E-state index contributed by atoms with van der Waals surface area (Å²) < 4.78 is 0. The summed E-state index contributed by atoms with van der Waals surface area (Å²) in [5, 5.41) is 0. The van der Waals surface area contributed by atoms with Crippen molar-refractivity contribution in [3.63, 3.8) is 0 Å². The van der Waals surface area contributed by atoms with Gasteiger partial charge in [-0.15, -0.1) is 0 Å². The molecule has 19 heavy (non-hydrogen) atoms. The summed E-state index contributed by atoms with van der Waals surface area (Å²) in [6.07, 6.45) is 5.38. The monoisotopic (exact) mass is 261 g/mol. The first-order valence-electron chi connectivity index (χ1n) is 7.07. The molecular weight excluding hydrogens is 242 g/mol. The maximum absolute atomic E-state index is 12.4. The van der Waals surface area contributed by atoms with Crippen molar-refractivity contribution in [3.8, 4) is 0 Å². The van der Waals surface area contributed by atoms with Gasteiger partial charge in [0.15, 0.2) is 0 Å². The lowest BCUT2D eigenvalue weighted by Gasteiger charge is -2.26. The van der Waals surface area contributed by atoms with Gasteiger partial charge in [0, 0.05) is 19.0 Å². The fourth-order valence-electron chi connectivity index (χ4n) is 2.66. The maximum atomic E-state index is 12.4.